The molecule has 2 amide bonds. The van der Waals surface area contributed by atoms with Crippen LogP contribution in [0.2, 0.25) is 0 Å². The number of guanidine groups is 1. The fourth-order valence-corrected chi connectivity index (χ4v) is 5.20. The first-order chi connectivity index (χ1) is 13.8. The Hall–Kier alpha value is -1.16. The van der Waals surface area contributed by atoms with Gasteiger partial charge in [0.1, 0.15) is 0 Å². The molecule has 1 saturated heterocycles. The third-order valence-corrected chi connectivity index (χ3v) is 6.49. The molecule has 0 spiro atoms. The number of hydrogen-bond donors (Lipinski definition) is 2. The van der Waals surface area contributed by atoms with Gasteiger partial charge in [-0.15, -0.1) is 24.0 Å². The van der Waals surface area contributed by atoms with E-state index in [2.05, 4.69) is 60.4 Å². The predicted octanol–water partition coefficient (Wildman–Crippen LogP) is 2.09. The number of nitrogens with one attached hydrogen (secondary N) is 2. The molecule has 2 aliphatic carbocycles. The highest BCUT2D eigenvalue weighted by Crippen LogP contribution is 2.52. The summed E-state index contributed by atoms with van der Waals surface area (Å²) in [4.78, 5) is 34.1. The van der Waals surface area contributed by atoms with Crippen molar-refractivity contribution in [3.05, 3.63) is 12.2 Å². The molecule has 3 rings (SSSR count). The van der Waals surface area contributed by atoms with E-state index in [-0.39, 0.29) is 59.5 Å². The van der Waals surface area contributed by atoms with E-state index in [1.807, 2.05) is 6.92 Å². The van der Waals surface area contributed by atoms with Crippen molar-refractivity contribution < 1.29 is 9.59 Å². The molecule has 1 aliphatic heterocycles. The Bertz CT molecular complexity index is 640. The van der Waals surface area contributed by atoms with Gasteiger partial charge >= 0.3 is 0 Å². The second-order valence-electron chi connectivity index (χ2n) is 8.94. The van der Waals surface area contributed by atoms with Gasteiger partial charge in [0.15, 0.2) is 5.96 Å². The number of imide groups is 1. The molecule has 0 aromatic carbocycles. The van der Waals surface area contributed by atoms with E-state index in [9.17, 15) is 9.59 Å². The van der Waals surface area contributed by atoms with Crippen molar-refractivity contribution in [1.29, 1.82) is 0 Å². The van der Waals surface area contributed by atoms with Crippen LogP contribution in [-0.4, -0.2) is 72.4 Å². The molecule has 8 heteroatoms. The molecular formula is C22H38IN5O2. The molecule has 3 aliphatic rings. The molecule has 1 saturated carbocycles. The second-order valence-corrected chi connectivity index (χ2v) is 8.94. The van der Waals surface area contributed by atoms with Crippen molar-refractivity contribution in [2.45, 2.75) is 53.1 Å². The number of nitrogens with zero attached hydrogens (tertiary/aromatic N) is 3. The minimum atomic E-state index is -0.113. The van der Waals surface area contributed by atoms with Crippen LogP contribution >= 0.6 is 24.0 Å². The van der Waals surface area contributed by atoms with Crippen LogP contribution in [-0.2, 0) is 9.59 Å². The van der Waals surface area contributed by atoms with Crippen LogP contribution < -0.4 is 10.6 Å². The number of hydrogen-bond acceptors (Lipinski definition) is 4. The maximum absolute atomic E-state index is 12.8. The van der Waals surface area contributed by atoms with E-state index in [1.165, 1.54) is 4.90 Å². The Balaban J connectivity index is 0.00000320. The van der Waals surface area contributed by atoms with Crippen molar-refractivity contribution in [3.63, 3.8) is 0 Å². The Labute approximate surface area is 198 Å². The first-order valence-electron chi connectivity index (χ1n) is 11.2. The highest BCUT2D eigenvalue weighted by molar-refractivity contribution is 14.0. The molecule has 0 radical (unpaired) electrons. The van der Waals surface area contributed by atoms with Gasteiger partial charge in [-0.1, -0.05) is 12.2 Å². The zero-order chi connectivity index (χ0) is 21.1. The molecular weight excluding hydrogens is 493 g/mol. The lowest BCUT2D eigenvalue weighted by Crippen LogP contribution is -2.44. The first kappa shape index (κ1) is 25.1. The highest BCUT2D eigenvalue weighted by atomic mass is 127. The summed E-state index contributed by atoms with van der Waals surface area (Å²) in [6.07, 6.45) is 5.23. The fourth-order valence-electron chi connectivity index (χ4n) is 5.20. The van der Waals surface area contributed by atoms with Crippen LogP contribution in [0.1, 0.15) is 41.0 Å². The van der Waals surface area contributed by atoms with E-state index in [4.69, 9.17) is 0 Å². The van der Waals surface area contributed by atoms with E-state index in [1.54, 1.807) is 0 Å². The molecule has 0 aromatic heterocycles. The van der Waals surface area contributed by atoms with E-state index >= 15 is 0 Å². The summed E-state index contributed by atoms with van der Waals surface area (Å²) in [6.45, 7) is 14.1. The number of halogens is 1. The SMILES string of the molecule is CCNC(=NCCN(C(C)C)C(C)C)NCCN1C(=O)C2C3C=CC(C3)C2C1=O.I. The number of fused-ring (bicyclic) bond motifs is 5. The van der Waals surface area contributed by atoms with Gasteiger partial charge in [0.25, 0.3) is 0 Å². The number of carbonyl (C=O) groups excluding carboxylic acids is 2. The van der Waals surface area contributed by atoms with E-state index < -0.39 is 0 Å². The lowest BCUT2D eigenvalue weighted by Gasteiger charge is -2.29. The molecule has 2 bridgehead atoms. The number of amides is 2. The van der Waals surface area contributed by atoms with Gasteiger partial charge < -0.3 is 10.6 Å². The summed E-state index contributed by atoms with van der Waals surface area (Å²) in [5.74, 6) is 1.08. The number of allylic oxidation sites excluding steroid dienone is 2. The molecule has 170 valence electrons. The monoisotopic (exact) mass is 531 g/mol. The standard InChI is InChI=1S/C22H37N5O2.HI/c1-6-23-22(24-9-11-26(14(2)3)15(4)5)25-10-12-27-20(28)18-16-7-8-17(13-16)19(18)21(27)29;/h7-8,14-19H,6,9-13H2,1-5H3,(H2,23,24,25);1H. The zero-order valence-electron chi connectivity index (χ0n) is 18.9. The maximum Gasteiger partial charge on any atom is 0.233 e. The molecule has 1 heterocycles. The van der Waals surface area contributed by atoms with Crippen molar-refractivity contribution in [3.8, 4) is 0 Å². The summed E-state index contributed by atoms with van der Waals surface area (Å²) >= 11 is 0. The maximum atomic E-state index is 12.8. The number of likely N-dealkylation sites (tertiary alicyclic amines) is 1. The average Bonchev–Trinajstić information content (AvgIpc) is 3.33. The summed E-state index contributed by atoms with van der Waals surface area (Å²) in [7, 11) is 0. The van der Waals surface area contributed by atoms with Crippen molar-refractivity contribution >= 4 is 41.8 Å². The van der Waals surface area contributed by atoms with Gasteiger partial charge in [-0.25, -0.2) is 0 Å². The van der Waals surface area contributed by atoms with Gasteiger partial charge in [-0.2, -0.15) is 0 Å². The Morgan fingerprint density at radius 3 is 2.17 bits per heavy atom. The number of rotatable bonds is 9. The van der Waals surface area contributed by atoms with Crippen LogP contribution in [0.15, 0.2) is 17.1 Å². The van der Waals surface area contributed by atoms with Crippen molar-refractivity contribution in [2.24, 2.45) is 28.7 Å². The molecule has 0 aromatic rings. The zero-order valence-corrected chi connectivity index (χ0v) is 21.3. The van der Waals surface area contributed by atoms with Gasteiger partial charge in [-0.3, -0.25) is 24.4 Å². The van der Waals surface area contributed by atoms with Crippen LogP contribution in [0.4, 0.5) is 0 Å². The van der Waals surface area contributed by atoms with E-state index in [0.29, 0.717) is 31.7 Å². The second kappa shape index (κ2) is 10.9. The Morgan fingerprint density at radius 1 is 1.10 bits per heavy atom. The van der Waals surface area contributed by atoms with E-state index in [0.717, 1.165) is 25.5 Å². The third kappa shape index (κ3) is 5.18. The van der Waals surface area contributed by atoms with Crippen LogP contribution in [0.3, 0.4) is 0 Å². The topological polar surface area (TPSA) is 77.0 Å². The Morgan fingerprint density at radius 2 is 1.67 bits per heavy atom. The quantitative estimate of drug-likeness (QED) is 0.157. The molecule has 7 nitrogen and oxygen atoms in total. The van der Waals surface area contributed by atoms with Crippen LogP contribution in [0, 0.1) is 23.7 Å². The van der Waals surface area contributed by atoms with Gasteiger partial charge in [0, 0.05) is 38.3 Å². The van der Waals surface area contributed by atoms with Crippen molar-refractivity contribution in [2.75, 3.05) is 32.7 Å². The lowest BCUT2D eigenvalue weighted by atomic mass is 9.85. The smallest absolute Gasteiger partial charge is 0.233 e. The van der Waals surface area contributed by atoms with Crippen molar-refractivity contribution in [1.82, 2.24) is 20.4 Å². The van der Waals surface area contributed by atoms with Crippen LogP contribution in [0.25, 0.3) is 0 Å². The van der Waals surface area contributed by atoms with Gasteiger partial charge in [0.05, 0.1) is 18.4 Å². The van der Waals surface area contributed by atoms with Gasteiger partial charge in [0.2, 0.25) is 11.8 Å². The summed E-state index contributed by atoms with van der Waals surface area (Å²) in [5.41, 5.74) is 0. The minimum Gasteiger partial charge on any atom is -0.357 e. The third-order valence-electron chi connectivity index (χ3n) is 6.49. The average molecular weight is 531 g/mol. The largest absolute Gasteiger partial charge is 0.357 e. The number of carbonyl (C=O) groups is 2. The number of aliphatic imine (C=N–C) groups is 1. The highest BCUT2D eigenvalue weighted by Gasteiger charge is 2.58. The summed E-state index contributed by atoms with van der Waals surface area (Å²) in [6, 6.07) is 0.967. The first-order valence-corrected chi connectivity index (χ1v) is 11.2. The minimum absolute atomic E-state index is 0. The molecule has 2 fully saturated rings. The Kier molecular flexibility index (Phi) is 9.14. The van der Waals surface area contributed by atoms with Crippen LogP contribution in [0.5, 0.6) is 0 Å². The van der Waals surface area contributed by atoms with Gasteiger partial charge in [-0.05, 0) is 52.9 Å². The molecule has 30 heavy (non-hydrogen) atoms. The molecule has 2 N–H and O–H groups in total. The summed E-state index contributed by atoms with van der Waals surface area (Å²) < 4.78 is 0. The molecule has 4 atom stereocenters. The summed E-state index contributed by atoms with van der Waals surface area (Å²) in [5, 5.41) is 6.53. The normalized spacial score (nSPS) is 27.5. The fraction of sp³-hybridized carbons (Fsp3) is 0.773. The lowest BCUT2D eigenvalue weighted by molar-refractivity contribution is -0.140. The predicted molar refractivity (Wildman–Crippen MR) is 131 cm³/mol. The molecule has 4 unspecified atom stereocenters.